The van der Waals surface area contributed by atoms with E-state index in [0.717, 1.165) is 19.6 Å². The number of piperidine rings is 1. The van der Waals surface area contributed by atoms with Crippen LogP contribution in [0, 0.1) is 5.92 Å². The SMILES string of the molecule is CC1CCCNC1CC(=O)NC1CCOC1. The first-order valence-corrected chi connectivity index (χ1v) is 6.36. The number of carbonyl (C=O) groups excluding carboxylic acids is 1. The highest BCUT2D eigenvalue weighted by Gasteiger charge is 2.25. The van der Waals surface area contributed by atoms with Gasteiger partial charge in [0.2, 0.25) is 5.91 Å². The van der Waals surface area contributed by atoms with Gasteiger partial charge in [-0.1, -0.05) is 6.92 Å². The lowest BCUT2D eigenvalue weighted by atomic mass is 9.90. The lowest BCUT2D eigenvalue weighted by Gasteiger charge is -2.29. The zero-order chi connectivity index (χ0) is 11.4. The standard InChI is InChI=1S/C12H22N2O2/c1-9-3-2-5-13-11(9)7-12(15)14-10-4-6-16-8-10/h9-11,13H,2-8H2,1H3,(H,14,15). The molecule has 0 saturated carbocycles. The molecule has 2 aliphatic heterocycles. The van der Waals surface area contributed by atoms with E-state index in [4.69, 9.17) is 4.74 Å². The van der Waals surface area contributed by atoms with E-state index in [9.17, 15) is 4.79 Å². The van der Waals surface area contributed by atoms with Crippen LogP contribution in [-0.4, -0.2) is 37.7 Å². The number of rotatable bonds is 3. The van der Waals surface area contributed by atoms with Gasteiger partial charge in [0.1, 0.15) is 0 Å². The van der Waals surface area contributed by atoms with E-state index in [1.54, 1.807) is 0 Å². The molecule has 3 unspecified atom stereocenters. The van der Waals surface area contributed by atoms with Crippen LogP contribution in [0.25, 0.3) is 0 Å². The molecule has 0 bridgehead atoms. The van der Waals surface area contributed by atoms with E-state index < -0.39 is 0 Å². The number of carbonyl (C=O) groups is 1. The quantitative estimate of drug-likeness (QED) is 0.743. The molecule has 4 heteroatoms. The summed E-state index contributed by atoms with van der Waals surface area (Å²) in [5, 5.41) is 6.48. The lowest BCUT2D eigenvalue weighted by Crippen LogP contribution is -2.45. The van der Waals surface area contributed by atoms with E-state index in [-0.39, 0.29) is 11.9 Å². The fourth-order valence-corrected chi connectivity index (χ4v) is 2.52. The first-order valence-electron chi connectivity index (χ1n) is 6.36. The van der Waals surface area contributed by atoms with Gasteiger partial charge in [0, 0.05) is 19.1 Å². The maximum Gasteiger partial charge on any atom is 0.221 e. The van der Waals surface area contributed by atoms with Gasteiger partial charge in [0.25, 0.3) is 0 Å². The van der Waals surface area contributed by atoms with Crippen molar-refractivity contribution < 1.29 is 9.53 Å². The van der Waals surface area contributed by atoms with Crippen molar-refractivity contribution in [2.75, 3.05) is 19.8 Å². The van der Waals surface area contributed by atoms with E-state index >= 15 is 0 Å². The van der Waals surface area contributed by atoms with Crippen LogP contribution in [0.2, 0.25) is 0 Å². The molecule has 1 amide bonds. The van der Waals surface area contributed by atoms with Crippen molar-refractivity contribution in [1.29, 1.82) is 0 Å². The summed E-state index contributed by atoms with van der Waals surface area (Å²) in [7, 11) is 0. The van der Waals surface area contributed by atoms with Crippen LogP contribution in [0.1, 0.15) is 32.6 Å². The van der Waals surface area contributed by atoms with Crippen LogP contribution in [-0.2, 0) is 9.53 Å². The summed E-state index contributed by atoms with van der Waals surface area (Å²) in [6, 6.07) is 0.600. The van der Waals surface area contributed by atoms with Crippen LogP contribution in [0.15, 0.2) is 0 Å². The van der Waals surface area contributed by atoms with E-state index in [2.05, 4.69) is 17.6 Å². The molecule has 0 aromatic carbocycles. The lowest BCUT2D eigenvalue weighted by molar-refractivity contribution is -0.122. The number of amides is 1. The molecule has 2 N–H and O–H groups in total. The Kier molecular flexibility index (Phi) is 4.18. The normalized spacial score (nSPS) is 34.9. The first-order chi connectivity index (χ1) is 7.75. The molecular weight excluding hydrogens is 204 g/mol. The third-order valence-corrected chi connectivity index (χ3v) is 3.63. The Morgan fingerprint density at radius 2 is 2.38 bits per heavy atom. The second-order valence-corrected chi connectivity index (χ2v) is 5.01. The van der Waals surface area contributed by atoms with Crippen molar-refractivity contribution in [3.8, 4) is 0 Å². The molecule has 2 saturated heterocycles. The smallest absolute Gasteiger partial charge is 0.221 e. The van der Waals surface area contributed by atoms with Gasteiger partial charge >= 0.3 is 0 Å². The van der Waals surface area contributed by atoms with E-state index in [1.807, 2.05) is 0 Å². The van der Waals surface area contributed by atoms with Crippen molar-refractivity contribution in [3.63, 3.8) is 0 Å². The summed E-state index contributed by atoms with van der Waals surface area (Å²) in [6.45, 7) is 4.74. The third kappa shape index (κ3) is 3.19. The molecule has 92 valence electrons. The topological polar surface area (TPSA) is 50.4 Å². The number of ether oxygens (including phenoxy) is 1. The zero-order valence-electron chi connectivity index (χ0n) is 10.00. The van der Waals surface area contributed by atoms with E-state index in [0.29, 0.717) is 25.0 Å². The van der Waals surface area contributed by atoms with Gasteiger partial charge in [-0.05, 0) is 31.7 Å². The van der Waals surface area contributed by atoms with Crippen LogP contribution < -0.4 is 10.6 Å². The highest BCUT2D eigenvalue weighted by Crippen LogP contribution is 2.18. The molecular formula is C12H22N2O2. The Labute approximate surface area is 97.1 Å². The fraction of sp³-hybridized carbons (Fsp3) is 0.917. The summed E-state index contributed by atoms with van der Waals surface area (Å²) < 4.78 is 5.24. The highest BCUT2D eigenvalue weighted by atomic mass is 16.5. The number of hydrogen-bond acceptors (Lipinski definition) is 3. The molecule has 0 aliphatic carbocycles. The second-order valence-electron chi connectivity index (χ2n) is 5.01. The van der Waals surface area contributed by atoms with Crippen molar-refractivity contribution in [2.45, 2.75) is 44.7 Å². The van der Waals surface area contributed by atoms with Gasteiger partial charge in [-0.3, -0.25) is 4.79 Å². The van der Waals surface area contributed by atoms with Crippen molar-refractivity contribution in [1.82, 2.24) is 10.6 Å². The van der Waals surface area contributed by atoms with Crippen molar-refractivity contribution >= 4 is 5.91 Å². The fourth-order valence-electron chi connectivity index (χ4n) is 2.52. The van der Waals surface area contributed by atoms with Crippen LogP contribution in [0.4, 0.5) is 0 Å². The van der Waals surface area contributed by atoms with Gasteiger partial charge in [0.05, 0.1) is 12.6 Å². The summed E-state index contributed by atoms with van der Waals surface area (Å²) >= 11 is 0. The summed E-state index contributed by atoms with van der Waals surface area (Å²) in [6.07, 6.45) is 4.03. The van der Waals surface area contributed by atoms with Crippen molar-refractivity contribution in [3.05, 3.63) is 0 Å². The van der Waals surface area contributed by atoms with Gasteiger partial charge in [0.15, 0.2) is 0 Å². The minimum atomic E-state index is 0.168. The Hall–Kier alpha value is -0.610. The van der Waals surface area contributed by atoms with Crippen LogP contribution >= 0.6 is 0 Å². The second kappa shape index (κ2) is 5.64. The molecule has 2 rings (SSSR count). The molecule has 0 spiro atoms. The molecule has 2 fully saturated rings. The van der Waals surface area contributed by atoms with Gasteiger partial charge in [-0.25, -0.2) is 0 Å². The maximum atomic E-state index is 11.8. The summed E-state index contributed by atoms with van der Waals surface area (Å²) in [4.78, 5) is 11.8. The maximum absolute atomic E-state index is 11.8. The molecule has 2 heterocycles. The van der Waals surface area contributed by atoms with Gasteiger partial charge < -0.3 is 15.4 Å². The summed E-state index contributed by atoms with van der Waals surface area (Å²) in [5.41, 5.74) is 0. The predicted octanol–water partition coefficient (Wildman–Crippen LogP) is 0.670. The molecule has 0 radical (unpaired) electrons. The van der Waals surface area contributed by atoms with Gasteiger partial charge in [-0.15, -0.1) is 0 Å². The molecule has 4 nitrogen and oxygen atoms in total. The number of nitrogens with one attached hydrogen (secondary N) is 2. The van der Waals surface area contributed by atoms with Crippen molar-refractivity contribution in [2.24, 2.45) is 5.92 Å². The largest absolute Gasteiger partial charge is 0.379 e. The highest BCUT2D eigenvalue weighted by molar-refractivity contribution is 5.77. The van der Waals surface area contributed by atoms with Crippen LogP contribution in [0.3, 0.4) is 0 Å². The molecule has 3 atom stereocenters. The monoisotopic (exact) mass is 226 g/mol. The Morgan fingerprint density at radius 3 is 3.06 bits per heavy atom. The zero-order valence-corrected chi connectivity index (χ0v) is 10.00. The average molecular weight is 226 g/mol. The summed E-state index contributed by atoms with van der Waals surface area (Å²) in [5.74, 6) is 0.779. The first kappa shape index (κ1) is 11.9. The minimum absolute atomic E-state index is 0.168. The Bertz CT molecular complexity index is 239. The third-order valence-electron chi connectivity index (χ3n) is 3.63. The van der Waals surface area contributed by atoms with E-state index in [1.165, 1.54) is 12.8 Å². The Balaban J connectivity index is 1.72. The Morgan fingerprint density at radius 1 is 1.50 bits per heavy atom. The number of hydrogen-bond donors (Lipinski definition) is 2. The molecule has 2 aliphatic rings. The molecule has 16 heavy (non-hydrogen) atoms. The predicted molar refractivity (Wildman–Crippen MR) is 62.2 cm³/mol. The molecule has 0 aromatic rings. The minimum Gasteiger partial charge on any atom is -0.379 e. The molecule has 0 aromatic heterocycles. The van der Waals surface area contributed by atoms with Gasteiger partial charge in [-0.2, -0.15) is 0 Å². The average Bonchev–Trinajstić information content (AvgIpc) is 2.74. The van der Waals surface area contributed by atoms with Crippen LogP contribution in [0.5, 0.6) is 0 Å².